The van der Waals surface area contributed by atoms with Crippen molar-refractivity contribution in [3.05, 3.63) is 42.4 Å². The molecule has 0 N–H and O–H groups in total. The molecule has 31 heavy (non-hydrogen) atoms. The Morgan fingerprint density at radius 3 is 2.55 bits per heavy atom. The van der Waals surface area contributed by atoms with Gasteiger partial charge in [0.2, 0.25) is 11.6 Å². The minimum Gasteiger partial charge on any atom is -0.477 e. The molecule has 0 amide bonds. The normalized spacial score (nSPS) is 12.7. The van der Waals surface area contributed by atoms with Gasteiger partial charge in [-0.15, -0.1) is 0 Å². The number of hydrogen-bond donors (Lipinski definition) is 0. The molecule has 0 spiro atoms. The maximum Gasteiger partial charge on any atom is 0.332 e. The molecular weight excluding hydrogens is 396 g/mol. The van der Waals surface area contributed by atoms with Crippen LogP contribution in [0.25, 0.3) is 22.2 Å². The molecule has 0 fully saturated rings. The van der Waals surface area contributed by atoms with E-state index in [1.165, 1.54) is 11.9 Å². The fourth-order valence-corrected chi connectivity index (χ4v) is 3.07. The van der Waals surface area contributed by atoms with Crippen molar-refractivity contribution in [2.75, 3.05) is 19.8 Å². The summed E-state index contributed by atoms with van der Waals surface area (Å²) in [5.41, 5.74) is 3.14. The Bertz CT molecular complexity index is 1000. The van der Waals surface area contributed by atoms with Gasteiger partial charge in [0.1, 0.15) is 30.2 Å². The lowest BCUT2D eigenvalue weighted by Gasteiger charge is -2.19. The molecule has 0 aliphatic heterocycles. The minimum absolute atomic E-state index is 0.0478. The predicted octanol–water partition coefficient (Wildman–Crippen LogP) is 4.83. The van der Waals surface area contributed by atoms with Gasteiger partial charge in [0.15, 0.2) is 0 Å². The molecule has 2 heterocycles. The molecule has 0 bridgehead atoms. The first-order valence-corrected chi connectivity index (χ1v) is 10.5. The lowest BCUT2D eigenvalue weighted by atomic mass is 10.0. The van der Waals surface area contributed by atoms with Crippen LogP contribution in [0, 0.1) is 5.92 Å². The third-order valence-corrected chi connectivity index (χ3v) is 4.56. The number of carbonyl (C=O) groups excluding carboxylic acids is 1. The summed E-state index contributed by atoms with van der Waals surface area (Å²) in [5.74, 6) is 0.134. The van der Waals surface area contributed by atoms with E-state index in [-0.39, 0.29) is 18.5 Å². The van der Waals surface area contributed by atoms with Crippen LogP contribution in [-0.2, 0) is 20.7 Å². The standard InChI is InChI=1S/C24H30N2O5/c1-6-17-7-9-18(10-8-17)19-13-30-23-21(19)22(25-15-26-23)29-12-16(2)11-28-14-20(27)31-24(3,4)5/h7-10,13,15-16H,6,11-12,14H2,1-5H3/t16-/m1/s1. The Kier molecular flexibility index (Phi) is 7.28. The minimum atomic E-state index is -0.521. The first-order valence-electron chi connectivity index (χ1n) is 10.5. The molecule has 166 valence electrons. The highest BCUT2D eigenvalue weighted by atomic mass is 16.6. The number of esters is 1. The van der Waals surface area contributed by atoms with Crippen molar-refractivity contribution in [3.63, 3.8) is 0 Å². The van der Waals surface area contributed by atoms with Crippen molar-refractivity contribution in [1.29, 1.82) is 0 Å². The van der Waals surface area contributed by atoms with Gasteiger partial charge in [0, 0.05) is 11.5 Å². The molecule has 0 aliphatic carbocycles. The van der Waals surface area contributed by atoms with Gasteiger partial charge in [-0.05, 0) is 38.3 Å². The second-order valence-electron chi connectivity index (χ2n) is 8.58. The third-order valence-electron chi connectivity index (χ3n) is 4.56. The van der Waals surface area contributed by atoms with Crippen LogP contribution in [0.1, 0.15) is 40.2 Å². The molecule has 0 saturated heterocycles. The second kappa shape index (κ2) is 9.92. The average Bonchev–Trinajstić information content (AvgIpc) is 3.16. The summed E-state index contributed by atoms with van der Waals surface area (Å²) in [7, 11) is 0. The highest BCUT2D eigenvalue weighted by Crippen LogP contribution is 2.35. The van der Waals surface area contributed by atoms with Crippen LogP contribution in [-0.4, -0.2) is 41.4 Å². The van der Waals surface area contributed by atoms with Gasteiger partial charge < -0.3 is 18.6 Å². The maximum atomic E-state index is 11.7. The number of carbonyl (C=O) groups is 1. The van der Waals surface area contributed by atoms with Gasteiger partial charge in [-0.2, -0.15) is 0 Å². The maximum absolute atomic E-state index is 11.7. The summed E-state index contributed by atoms with van der Waals surface area (Å²) in [6.07, 6.45) is 4.09. The summed E-state index contributed by atoms with van der Waals surface area (Å²) in [6.45, 7) is 10.2. The Morgan fingerprint density at radius 1 is 1.13 bits per heavy atom. The van der Waals surface area contributed by atoms with E-state index in [9.17, 15) is 4.79 Å². The molecule has 0 aliphatic rings. The number of hydrogen-bond acceptors (Lipinski definition) is 7. The van der Waals surface area contributed by atoms with Crippen LogP contribution in [0.2, 0.25) is 0 Å². The molecule has 1 atom stereocenters. The van der Waals surface area contributed by atoms with Gasteiger partial charge >= 0.3 is 5.97 Å². The Balaban J connectivity index is 1.62. The van der Waals surface area contributed by atoms with Crippen molar-refractivity contribution in [3.8, 4) is 17.0 Å². The Hall–Kier alpha value is -2.93. The zero-order chi connectivity index (χ0) is 22.4. The predicted molar refractivity (Wildman–Crippen MR) is 118 cm³/mol. The Morgan fingerprint density at radius 2 is 1.87 bits per heavy atom. The number of benzene rings is 1. The second-order valence-corrected chi connectivity index (χ2v) is 8.58. The van der Waals surface area contributed by atoms with Crippen LogP contribution in [0.15, 0.2) is 41.3 Å². The molecule has 3 aromatic rings. The molecule has 7 nitrogen and oxygen atoms in total. The first kappa shape index (κ1) is 22.7. The number of aromatic nitrogens is 2. The SMILES string of the molecule is CCc1ccc(-c2coc3ncnc(OC[C@H](C)COCC(=O)OC(C)(C)C)c23)cc1. The van der Waals surface area contributed by atoms with E-state index in [2.05, 4.69) is 41.2 Å². The lowest BCUT2D eigenvalue weighted by molar-refractivity contribution is -0.160. The van der Waals surface area contributed by atoms with Crippen LogP contribution >= 0.6 is 0 Å². The van der Waals surface area contributed by atoms with Gasteiger partial charge in [0.25, 0.3) is 0 Å². The van der Waals surface area contributed by atoms with E-state index < -0.39 is 5.60 Å². The number of nitrogens with zero attached hydrogens (tertiary/aromatic N) is 2. The smallest absolute Gasteiger partial charge is 0.332 e. The van der Waals surface area contributed by atoms with Crippen molar-refractivity contribution in [2.45, 2.75) is 46.6 Å². The summed E-state index contributed by atoms with van der Waals surface area (Å²) in [4.78, 5) is 20.3. The van der Waals surface area contributed by atoms with Crippen molar-refractivity contribution >= 4 is 17.1 Å². The van der Waals surface area contributed by atoms with E-state index in [1.807, 2.05) is 27.7 Å². The highest BCUT2D eigenvalue weighted by Gasteiger charge is 2.18. The summed E-state index contributed by atoms with van der Waals surface area (Å²) in [6, 6.07) is 8.32. The van der Waals surface area contributed by atoms with E-state index in [1.54, 1.807) is 6.26 Å². The fraction of sp³-hybridized carbons (Fsp3) is 0.458. The van der Waals surface area contributed by atoms with E-state index >= 15 is 0 Å². The largest absolute Gasteiger partial charge is 0.477 e. The van der Waals surface area contributed by atoms with E-state index in [4.69, 9.17) is 18.6 Å². The number of furan rings is 1. The number of aryl methyl sites for hydroxylation is 1. The van der Waals surface area contributed by atoms with Crippen molar-refractivity contribution in [2.24, 2.45) is 5.92 Å². The van der Waals surface area contributed by atoms with Gasteiger partial charge in [0.05, 0.1) is 13.2 Å². The molecule has 0 radical (unpaired) electrons. The van der Waals surface area contributed by atoms with E-state index in [0.29, 0.717) is 24.8 Å². The molecule has 7 heteroatoms. The zero-order valence-corrected chi connectivity index (χ0v) is 18.8. The first-order chi connectivity index (χ1) is 14.8. The topological polar surface area (TPSA) is 83.7 Å². The number of ether oxygens (including phenoxy) is 3. The fourth-order valence-electron chi connectivity index (χ4n) is 3.07. The van der Waals surface area contributed by atoms with Crippen LogP contribution in [0.5, 0.6) is 5.88 Å². The summed E-state index contributed by atoms with van der Waals surface area (Å²) >= 11 is 0. The van der Waals surface area contributed by atoms with Crippen LogP contribution < -0.4 is 4.74 Å². The molecule has 3 rings (SSSR count). The number of fused-ring (bicyclic) bond motifs is 1. The van der Waals surface area contributed by atoms with E-state index in [0.717, 1.165) is 22.9 Å². The summed E-state index contributed by atoms with van der Waals surface area (Å²) in [5, 5.41) is 0.744. The lowest BCUT2D eigenvalue weighted by Crippen LogP contribution is -2.27. The zero-order valence-electron chi connectivity index (χ0n) is 18.8. The van der Waals surface area contributed by atoms with Crippen LogP contribution in [0.4, 0.5) is 0 Å². The quantitative estimate of drug-likeness (QED) is 0.453. The summed E-state index contributed by atoms with van der Waals surface area (Å²) < 4.78 is 22.3. The highest BCUT2D eigenvalue weighted by molar-refractivity contribution is 5.95. The number of rotatable bonds is 9. The van der Waals surface area contributed by atoms with Gasteiger partial charge in [-0.3, -0.25) is 0 Å². The molecule has 2 aromatic heterocycles. The third kappa shape index (κ3) is 6.28. The molecular formula is C24H30N2O5. The van der Waals surface area contributed by atoms with Crippen LogP contribution in [0.3, 0.4) is 0 Å². The van der Waals surface area contributed by atoms with Crippen molar-refractivity contribution < 1.29 is 23.4 Å². The van der Waals surface area contributed by atoms with Gasteiger partial charge in [-0.1, -0.05) is 38.1 Å². The monoisotopic (exact) mass is 426 g/mol. The molecule has 0 saturated carbocycles. The molecule has 1 aromatic carbocycles. The van der Waals surface area contributed by atoms with Crippen molar-refractivity contribution in [1.82, 2.24) is 9.97 Å². The average molecular weight is 427 g/mol. The van der Waals surface area contributed by atoms with Gasteiger partial charge in [-0.25, -0.2) is 14.8 Å². The molecule has 0 unspecified atom stereocenters. The Labute approximate surface area is 182 Å².